The molecule has 0 aliphatic carbocycles. The number of nitrogens with zero attached hydrogens (tertiary/aromatic N) is 4. The third-order valence-electron chi connectivity index (χ3n) is 5.76. The van der Waals surface area contributed by atoms with Crippen LogP contribution in [0, 0.1) is 19.7 Å². The van der Waals surface area contributed by atoms with Gasteiger partial charge in [0.1, 0.15) is 10.6 Å². The van der Waals surface area contributed by atoms with Crippen LogP contribution in [-0.4, -0.2) is 46.8 Å². The van der Waals surface area contributed by atoms with E-state index in [2.05, 4.69) is 24.2 Å². The van der Waals surface area contributed by atoms with Crippen molar-refractivity contribution in [1.82, 2.24) is 14.7 Å². The zero-order valence-electron chi connectivity index (χ0n) is 17.5. The summed E-state index contributed by atoms with van der Waals surface area (Å²) in [7, 11) is 0. The number of hydrogen-bond donors (Lipinski definition) is 0. The third kappa shape index (κ3) is 3.59. The summed E-state index contributed by atoms with van der Waals surface area (Å²) in [6.45, 7) is 6.42. The Morgan fingerprint density at radius 3 is 2.52 bits per heavy atom. The molecule has 2 aromatic heterocycles. The summed E-state index contributed by atoms with van der Waals surface area (Å²) in [4.78, 5) is 18.8. The Hall–Kier alpha value is -3.19. The lowest BCUT2D eigenvalue weighted by Gasteiger charge is -2.36. The molecule has 3 heterocycles. The van der Waals surface area contributed by atoms with Crippen LogP contribution >= 0.6 is 11.3 Å². The maximum atomic E-state index is 14.1. The number of fused-ring (bicyclic) bond motifs is 1. The average molecular weight is 435 g/mol. The Kier molecular flexibility index (Phi) is 4.98. The van der Waals surface area contributed by atoms with Gasteiger partial charge in [-0.25, -0.2) is 9.07 Å². The van der Waals surface area contributed by atoms with E-state index in [0.29, 0.717) is 31.9 Å². The summed E-state index contributed by atoms with van der Waals surface area (Å²) in [5.74, 6) is -0.187. The van der Waals surface area contributed by atoms with Crippen LogP contribution in [0.3, 0.4) is 0 Å². The van der Waals surface area contributed by atoms with Gasteiger partial charge >= 0.3 is 0 Å². The second-order valence-electron chi connectivity index (χ2n) is 7.90. The number of anilines is 1. The molecule has 0 N–H and O–H groups in total. The van der Waals surface area contributed by atoms with Crippen LogP contribution < -0.4 is 4.90 Å². The summed E-state index contributed by atoms with van der Waals surface area (Å²) in [6, 6.07) is 17.0. The molecule has 0 radical (unpaired) electrons. The van der Waals surface area contributed by atoms with Gasteiger partial charge in [0.25, 0.3) is 5.91 Å². The highest BCUT2D eigenvalue weighted by Crippen LogP contribution is 2.31. The molecular weight excluding hydrogens is 411 g/mol. The Labute approximate surface area is 184 Å². The number of amides is 1. The third-order valence-corrected chi connectivity index (χ3v) is 6.86. The monoisotopic (exact) mass is 434 g/mol. The number of halogens is 1. The molecule has 2 aromatic carbocycles. The molecule has 1 amide bonds. The predicted molar refractivity (Wildman–Crippen MR) is 123 cm³/mol. The largest absolute Gasteiger partial charge is 0.366 e. The van der Waals surface area contributed by atoms with Crippen molar-refractivity contribution in [1.29, 1.82) is 0 Å². The molecule has 4 aromatic rings. The van der Waals surface area contributed by atoms with Crippen LogP contribution in [0.2, 0.25) is 0 Å². The lowest BCUT2D eigenvalue weighted by atomic mass is 10.2. The van der Waals surface area contributed by atoms with Gasteiger partial charge in [-0.15, -0.1) is 11.3 Å². The Balaban J connectivity index is 1.37. The van der Waals surface area contributed by atoms with Crippen LogP contribution in [0.1, 0.15) is 20.9 Å². The van der Waals surface area contributed by atoms with Gasteiger partial charge in [0.05, 0.1) is 21.9 Å². The molecule has 5 nitrogen and oxygen atoms in total. The summed E-state index contributed by atoms with van der Waals surface area (Å²) in [6.07, 6.45) is 0. The second kappa shape index (κ2) is 7.81. The van der Waals surface area contributed by atoms with Crippen molar-refractivity contribution in [2.45, 2.75) is 13.8 Å². The highest BCUT2D eigenvalue weighted by molar-refractivity contribution is 7.20. The highest BCUT2D eigenvalue weighted by atomic mass is 32.1. The average Bonchev–Trinajstić information content (AvgIpc) is 3.34. The highest BCUT2D eigenvalue weighted by Gasteiger charge is 2.26. The van der Waals surface area contributed by atoms with Crippen LogP contribution in [0.5, 0.6) is 0 Å². The van der Waals surface area contributed by atoms with E-state index in [1.807, 2.05) is 45.7 Å². The number of thiophene rings is 1. The molecular formula is C24H23FN4OS. The molecule has 0 spiro atoms. The van der Waals surface area contributed by atoms with Gasteiger partial charge in [0.2, 0.25) is 0 Å². The maximum Gasteiger partial charge on any atom is 0.264 e. The molecule has 7 heteroatoms. The van der Waals surface area contributed by atoms with Crippen molar-refractivity contribution in [3.63, 3.8) is 0 Å². The van der Waals surface area contributed by atoms with Gasteiger partial charge in [-0.3, -0.25) is 4.79 Å². The Morgan fingerprint density at radius 1 is 1.00 bits per heavy atom. The normalized spacial score (nSPS) is 14.4. The molecule has 158 valence electrons. The first kappa shape index (κ1) is 19.8. The van der Waals surface area contributed by atoms with Crippen molar-refractivity contribution in [2.24, 2.45) is 0 Å². The maximum absolute atomic E-state index is 14.1. The fourth-order valence-corrected chi connectivity index (χ4v) is 5.25. The first-order valence-electron chi connectivity index (χ1n) is 10.4. The molecule has 1 aliphatic heterocycles. The lowest BCUT2D eigenvalue weighted by Crippen LogP contribution is -2.48. The molecule has 1 fully saturated rings. The summed E-state index contributed by atoms with van der Waals surface area (Å²) < 4.78 is 16.0. The van der Waals surface area contributed by atoms with Gasteiger partial charge in [-0.2, -0.15) is 5.10 Å². The van der Waals surface area contributed by atoms with E-state index in [9.17, 15) is 9.18 Å². The number of benzene rings is 2. The fraction of sp³-hybridized carbons (Fsp3) is 0.250. The number of carbonyl (C=O) groups is 1. The number of carbonyl (C=O) groups excluding carboxylic acids is 1. The minimum absolute atomic E-state index is 0.0320. The minimum atomic E-state index is -0.219. The van der Waals surface area contributed by atoms with Crippen molar-refractivity contribution in [3.05, 3.63) is 76.5 Å². The van der Waals surface area contributed by atoms with Crippen LogP contribution in [0.15, 0.2) is 54.6 Å². The zero-order valence-corrected chi connectivity index (χ0v) is 18.3. The summed E-state index contributed by atoms with van der Waals surface area (Å²) in [5.41, 5.74) is 3.68. The van der Waals surface area contributed by atoms with Gasteiger partial charge < -0.3 is 9.80 Å². The molecule has 1 aliphatic rings. The van der Waals surface area contributed by atoms with Crippen molar-refractivity contribution < 1.29 is 9.18 Å². The molecule has 0 atom stereocenters. The van der Waals surface area contributed by atoms with E-state index in [1.165, 1.54) is 23.0 Å². The molecule has 1 saturated heterocycles. The minimum Gasteiger partial charge on any atom is -0.366 e. The van der Waals surface area contributed by atoms with Crippen molar-refractivity contribution in [3.8, 4) is 5.69 Å². The van der Waals surface area contributed by atoms with Crippen LogP contribution in [-0.2, 0) is 0 Å². The van der Waals surface area contributed by atoms with Crippen LogP contribution in [0.4, 0.5) is 10.1 Å². The van der Waals surface area contributed by atoms with Gasteiger partial charge in [-0.05, 0) is 49.7 Å². The SMILES string of the molecule is Cc1cccc(-n2nc(C)c3cc(C(=O)N4CCN(c5ccccc5F)CC4)sc32)c1. The molecule has 0 unspecified atom stereocenters. The van der Waals surface area contributed by atoms with Crippen LogP contribution in [0.25, 0.3) is 15.9 Å². The smallest absolute Gasteiger partial charge is 0.264 e. The first-order valence-corrected chi connectivity index (χ1v) is 11.2. The van der Waals surface area contributed by atoms with Gasteiger partial charge in [0.15, 0.2) is 0 Å². The zero-order chi connectivity index (χ0) is 21.5. The molecule has 5 rings (SSSR count). The number of para-hydroxylation sites is 1. The topological polar surface area (TPSA) is 41.4 Å². The van der Waals surface area contributed by atoms with Gasteiger partial charge in [-0.1, -0.05) is 24.3 Å². The lowest BCUT2D eigenvalue weighted by molar-refractivity contribution is 0.0751. The molecule has 31 heavy (non-hydrogen) atoms. The fourth-order valence-electron chi connectivity index (χ4n) is 4.10. The van der Waals surface area contributed by atoms with E-state index < -0.39 is 0 Å². The Bertz CT molecular complexity index is 1270. The molecule has 0 saturated carbocycles. The predicted octanol–water partition coefficient (Wildman–Crippen LogP) is 4.81. The Morgan fingerprint density at radius 2 is 1.77 bits per heavy atom. The number of piperazine rings is 1. The quantitative estimate of drug-likeness (QED) is 0.465. The van der Waals surface area contributed by atoms with E-state index in [4.69, 9.17) is 0 Å². The van der Waals surface area contributed by atoms with E-state index in [-0.39, 0.29) is 11.7 Å². The van der Waals surface area contributed by atoms with E-state index in [0.717, 1.165) is 26.5 Å². The first-order chi connectivity index (χ1) is 15.0. The van der Waals surface area contributed by atoms with Gasteiger partial charge in [0, 0.05) is 31.6 Å². The summed E-state index contributed by atoms with van der Waals surface area (Å²) >= 11 is 1.48. The van der Waals surface area contributed by atoms with E-state index in [1.54, 1.807) is 12.1 Å². The number of aryl methyl sites for hydroxylation is 2. The van der Waals surface area contributed by atoms with Crippen molar-refractivity contribution >= 4 is 33.1 Å². The summed E-state index contributed by atoms with van der Waals surface area (Å²) in [5, 5.41) is 5.70. The second-order valence-corrected chi connectivity index (χ2v) is 8.93. The standard InChI is InChI=1S/C24H23FN4OS/c1-16-6-5-7-18(14-16)29-24-19(17(2)26-29)15-22(31-24)23(30)28-12-10-27(11-13-28)21-9-4-3-8-20(21)25/h3-9,14-15H,10-13H2,1-2H3. The van der Waals surface area contributed by atoms with E-state index >= 15 is 0 Å². The number of rotatable bonds is 3. The number of hydrogen-bond acceptors (Lipinski definition) is 4. The number of aromatic nitrogens is 2. The molecule has 0 bridgehead atoms. The van der Waals surface area contributed by atoms with Crippen molar-refractivity contribution in [2.75, 3.05) is 31.1 Å².